The van der Waals surface area contributed by atoms with Crippen LogP contribution in [0.2, 0.25) is 0 Å². The van der Waals surface area contributed by atoms with Gasteiger partial charge in [-0.15, -0.1) is 0 Å². The third kappa shape index (κ3) is 7.46. The number of fused-ring (bicyclic) bond motifs is 5. The fourth-order valence-corrected chi connectivity index (χ4v) is 12.0. The predicted octanol–water partition coefficient (Wildman–Crippen LogP) is 4.51. The number of nitrogens with one attached hydrogen (secondary N) is 3. The van der Waals surface area contributed by atoms with Crippen molar-refractivity contribution in [2.24, 2.45) is 52.1 Å². The lowest BCUT2D eigenvalue weighted by Crippen LogP contribution is -2.53. The number of nitrogens with zero attached hydrogens (tertiary/aromatic N) is 3. The van der Waals surface area contributed by atoms with Crippen LogP contribution in [0.5, 0.6) is 0 Å². The van der Waals surface area contributed by atoms with Gasteiger partial charge in [-0.2, -0.15) is 0 Å². The van der Waals surface area contributed by atoms with E-state index in [1.165, 1.54) is 64.2 Å². The number of amides is 3. The maximum atomic E-state index is 13.5. The van der Waals surface area contributed by atoms with Gasteiger partial charge in [-0.05, 0) is 125 Å². The third-order valence-corrected chi connectivity index (χ3v) is 14.6. The van der Waals surface area contributed by atoms with Crippen LogP contribution in [-0.2, 0) is 20.8 Å². The largest absolute Gasteiger partial charge is 0.353 e. The number of aromatic nitrogens is 2. The van der Waals surface area contributed by atoms with Crippen LogP contribution in [0.4, 0.5) is 0 Å². The van der Waals surface area contributed by atoms with Crippen LogP contribution in [0.15, 0.2) is 12.5 Å². The van der Waals surface area contributed by atoms with Gasteiger partial charge in [-0.1, -0.05) is 33.6 Å². The summed E-state index contributed by atoms with van der Waals surface area (Å²) in [5.41, 5.74) is 8.00. The number of likely N-dealkylation sites (N-methyl/N-ethyl adjacent to an activating group) is 1. The van der Waals surface area contributed by atoms with E-state index in [1.54, 1.807) is 17.4 Å². The number of rotatable bonds is 12. The summed E-state index contributed by atoms with van der Waals surface area (Å²) in [6, 6.07) is -1.77. The summed E-state index contributed by atoms with van der Waals surface area (Å²) in [5, 5.41) is 6.19. The zero-order valence-corrected chi connectivity index (χ0v) is 31.0. The topological polar surface area (TPSA) is 136 Å². The molecule has 0 bridgehead atoms. The van der Waals surface area contributed by atoms with Gasteiger partial charge in [-0.3, -0.25) is 14.4 Å². The van der Waals surface area contributed by atoms with Crippen molar-refractivity contribution in [2.45, 2.75) is 129 Å². The van der Waals surface area contributed by atoms with E-state index >= 15 is 0 Å². The Kier molecular flexibility index (Phi) is 11.1. The molecular formula is C39H65N7O3. The molecule has 1 aromatic heterocycles. The molecule has 274 valence electrons. The van der Waals surface area contributed by atoms with Crippen LogP contribution in [0, 0.1) is 46.3 Å². The number of nitrogens with two attached hydrogens (primary N) is 1. The molecule has 2 heterocycles. The average molecular weight is 680 g/mol. The molecule has 4 aliphatic carbocycles. The van der Waals surface area contributed by atoms with Gasteiger partial charge in [0.25, 0.3) is 0 Å². The predicted molar refractivity (Wildman–Crippen MR) is 192 cm³/mol. The van der Waals surface area contributed by atoms with Crippen molar-refractivity contribution in [1.82, 2.24) is 30.4 Å². The number of aromatic amines is 1. The first-order valence-electron chi connectivity index (χ1n) is 19.7. The third-order valence-electron chi connectivity index (χ3n) is 14.6. The first-order valence-corrected chi connectivity index (χ1v) is 19.7. The van der Waals surface area contributed by atoms with Crippen LogP contribution in [0.1, 0.15) is 110 Å². The van der Waals surface area contributed by atoms with E-state index in [2.05, 4.69) is 41.4 Å². The van der Waals surface area contributed by atoms with E-state index in [0.29, 0.717) is 54.3 Å². The fraction of sp³-hybridized carbons (Fsp3) is 0.846. The van der Waals surface area contributed by atoms with Crippen molar-refractivity contribution < 1.29 is 14.4 Å². The highest BCUT2D eigenvalue weighted by molar-refractivity contribution is 5.91. The summed E-state index contributed by atoms with van der Waals surface area (Å²) in [5.74, 6) is 4.32. The first-order chi connectivity index (χ1) is 23.4. The molecule has 6 rings (SSSR count). The summed E-state index contributed by atoms with van der Waals surface area (Å²) in [6.07, 6.45) is 19.4. The summed E-state index contributed by atoms with van der Waals surface area (Å²) >= 11 is 0. The number of carbonyl (C=O) groups excluding carboxylic acids is 3. The van der Waals surface area contributed by atoms with Gasteiger partial charge < -0.3 is 31.2 Å². The van der Waals surface area contributed by atoms with Crippen LogP contribution >= 0.6 is 0 Å². The molecule has 0 radical (unpaired) electrons. The van der Waals surface area contributed by atoms with Crippen LogP contribution < -0.4 is 16.4 Å². The molecule has 10 heteroatoms. The quantitative estimate of drug-likeness (QED) is 0.257. The second kappa shape index (κ2) is 15.0. The molecule has 11 atom stereocenters. The molecule has 0 spiro atoms. The van der Waals surface area contributed by atoms with Gasteiger partial charge >= 0.3 is 0 Å². The van der Waals surface area contributed by atoms with Crippen molar-refractivity contribution in [3.63, 3.8) is 0 Å². The Morgan fingerprint density at radius 3 is 2.61 bits per heavy atom. The van der Waals surface area contributed by atoms with Crippen molar-refractivity contribution in [1.29, 1.82) is 0 Å². The lowest BCUT2D eigenvalue weighted by Gasteiger charge is -2.61. The summed E-state index contributed by atoms with van der Waals surface area (Å²) in [6.45, 7) is 9.14. The van der Waals surface area contributed by atoms with Gasteiger partial charge in [0, 0.05) is 44.7 Å². The van der Waals surface area contributed by atoms with Crippen LogP contribution in [0.3, 0.4) is 0 Å². The monoisotopic (exact) mass is 680 g/mol. The Hall–Kier alpha value is -2.46. The Morgan fingerprint density at radius 2 is 1.86 bits per heavy atom. The number of H-pyrrole nitrogens is 1. The second-order valence-corrected chi connectivity index (χ2v) is 17.6. The van der Waals surface area contributed by atoms with Crippen molar-refractivity contribution in [3.8, 4) is 0 Å². The Bertz CT molecular complexity index is 1300. The molecule has 5 fully saturated rings. The number of imidazole rings is 1. The molecule has 1 saturated heterocycles. The zero-order chi connectivity index (χ0) is 34.9. The number of carbonyl (C=O) groups is 3. The molecular weight excluding hydrogens is 614 g/mol. The standard InChI is InChI=1S/C39H65N7O3/c1-25(30-12-13-31-29-11-10-26-8-6-7-16-38(26,2)32(29)15-17-39(30,31)3)9-14-35(47)44-28-21-34(36(48)42-18-19-45(4)5)46(23-28)37(49)33(40)20-27-22-41-24-43-27/h22,24-26,28-34H,6-21,23,40H2,1-5H3,(H,41,43)(H,42,48)(H,44,47)/t25-,26?,28+,29?,30-,31?,32?,33?,34+,38+,39-/m1/s1. The van der Waals surface area contributed by atoms with Gasteiger partial charge in [0.1, 0.15) is 6.04 Å². The number of hydrogen-bond donors (Lipinski definition) is 4. The Balaban J connectivity index is 1.03. The molecule has 10 nitrogen and oxygen atoms in total. The molecule has 5 aliphatic rings. The van der Waals surface area contributed by atoms with Crippen LogP contribution in [-0.4, -0.2) is 89.3 Å². The lowest BCUT2D eigenvalue weighted by molar-refractivity contribution is -0.139. The maximum Gasteiger partial charge on any atom is 0.242 e. The Labute approximate surface area is 294 Å². The molecule has 0 aromatic carbocycles. The van der Waals surface area contributed by atoms with Gasteiger partial charge in [0.05, 0.1) is 18.1 Å². The number of likely N-dealkylation sites (tertiary alicyclic amines) is 1. The molecule has 4 saturated carbocycles. The van der Waals surface area contributed by atoms with E-state index in [1.807, 2.05) is 19.0 Å². The minimum absolute atomic E-state index is 0.0192. The van der Waals surface area contributed by atoms with Crippen LogP contribution in [0.25, 0.3) is 0 Å². The normalized spacial score (nSPS) is 36.8. The smallest absolute Gasteiger partial charge is 0.242 e. The molecule has 5 N–H and O–H groups in total. The summed E-state index contributed by atoms with van der Waals surface area (Å²) in [7, 11) is 3.91. The highest BCUT2D eigenvalue weighted by Gasteiger charge is 2.60. The van der Waals surface area contributed by atoms with Gasteiger partial charge in [0.2, 0.25) is 17.7 Å². The van der Waals surface area contributed by atoms with Crippen molar-refractivity contribution in [2.75, 3.05) is 33.7 Å². The molecule has 1 aliphatic heterocycles. The fourth-order valence-electron chi connectivity index (χ4n) is 12.0. The van der Waals surface area contributed by atoms with E-state index in [9.17, 15) is 14.4 Å². The first kappa shape index (κ1) is 36.3. The average Bonchev–Trinajstić information content (AvgIpc) is 3.81. The molecule has 49 heavy (non-hydrogen) atoms. The molecule has 5 unspecified atom stereocenters. The Morgan fingerprint density at radius 1 is 1.06 bits per heavy atom. The lowest BCUT2D eigenvalue weighted by atomic mass is 9.44. The maximum absolute atomic E-state index is 13.5. The van der Waals surface area contributed by atoms with Crippen molar-refractivity contribution >= 4 is 17.7 Å². The number of hydrogen-bond acceptors (Lipinski definition) is 6. The molecule has 1 aromatic rings. The highest BCUT2D eigenvalue weighted by atomic mass is 16.2. The SMILES string of the molecule is C[C@H](CCC(=O)N[C@H]1C[C@@H](C(=O)NCCN(C)C)N(C(=O)C(N)Cc2c[nH]cn2)C1)[C@H]1CCC2C3CCC4CCCC[C@]4(C)C3CC[C@@]21C. The van der Waals surface area contributed by atoms with E-state index in [-0.39, 0.29) is 36.7 Å². The minimum atomic E-state index is -0.817. The summed E-state index contributed by atoms with van der Waals surface area (Å²) in [4.78, 5) is 51.0. The van der Waals surface area contributed by atoms with Gasteiger partial charge in [-0.25, -0.2) is 4.98 Å². The zero-order valence-electron chi connectivity index (χ0n) is 31.0. The summed E-state index contributed by atoms with van der Waals surface area (Å²) < 4.78 is 0. The minimum Gasteiger partial charge on any atom is -0.353 e. The van der Waals surface area contributed by atoms with E-state index < -0.39 is 12.1 Å². The molecule has 3 amide bonds. The van der Waals surface area contributed by atoms with Crippen molar-refractivity contribution in [3.05, 3.63) is 18.2 Å². The van der Waals surface area contributed by atoms with Gasteiger partial charge in [0.15, 0.2) is 0 Å². The highest BCUT2D eigenvalue weighted by Crippen LogP contribution is 2.68. The van der Waals surface area contributed by atoms with E-state index in [4.69, 9.17) is 5.73 Å². The van der Waals surface area contributed by atoms with E-state index in [0.717, 1.165) is 30.1 Å². The second-order valence-electron chi connectivity index (χ2n) is 17.6.